The van der Waals surface area contributed by atoms with Crippen LogP contribution < -0.4 is 0 Å². The van der Waals surface area contributed by atoms with Gasteiger partial charge >= 0.3 is 0 Å². The minimum atomic E-state index is -0.144. The highest BCUT2D eigenvalue weighted by Gasteiger charge is 2.21. The zero-order valence-electron chi connectivity index (χ0n) is 13.9. The van der Waals surface area contributed by atoms with Crippen molar-refractivity contribution in [3.63, 3.8) is 0 Å². The second-order valence-electron chi connectivity index (χ2n) is 5.89. The lowest BCUT2D eigenvalue weighted by Gasteiger charge is -2.23. The molecule has 2 aromatic carbocycles. The maximum atomic E-state index is 9.59. The van der Waals surface area contributed by atoms with Gasteiger partial charge in [-0.15, -0.1) is 0 Å². The first kappa shape index (κ1) is 18.6. The molecule has 2 aromatic rings. The van der Waals surface area contributed by atoms with Crippen LogP contribution in [0.3, 0.4) is 0 Å². The van der Waals surface area contributed by atoms with Gasteiger partial charge in [-0.2, -0.15) is 0 Å². The van der Waals surface area contributed by atoms with Crippen molar-refractivity contribution in [3.05, 3.63) is 71.8 Å². The van der Waals surface area contributed by atoms with E-state index in [0.29, 0.717) is 26.4 Å². The molecule has 0 spiro atoms. The van der Waals surface area contributed by atoms with Gasteiger partial charge in [-0.25, -0.2) is 0 Å². The normalized spacial score (nSPS) is 13.6. The van der Waals surface area contributed by atoms with Gasteiger partial charge in [-0.05, 0) is 11.1 Å². The standard InChI is InChI=1S/C20H26O4/c21-11-19(15-23-13-17-7-3-1-4-8-17)20(12-22)16-24-14-18-9-5-2-6-10-18/h1-10,19-22H,11-16H2/t19-,20+. The van der Waals surface area contributed by atoms with Crippen molar-refractivity contribution in [2.24, 2.45) is 11.8 Å². The fraction of sp³-hybridized carbons (Fsp3) is 0.400. The van der Waals surface area contributed by atoms with Crippen molar-refractivity contribution in [1.82, 2.24) is 0 Å². The predicted molar refractivity (Wildman–Crippen MR) is 93.3 cm³/mol. The highest BCUT2D eigenvalue weighted by atomic mass is 16.5. The SMILES string of the molecule is OC[C@H](COCc1ccccc1)[C@@H](CO)COCc1ccccc1. The Morgan fingerprint density at radius 2 is 1.00 bits per heavy atom. The van der Waals surface area contributed by atoms with Crippen LogP contribution in [0.1, 0.15) is 11.1 Å². The second-order valence-corrected chi connectivity index (χ2v) is 5.89. The van der Waals surface area contributed by atoms with Crippen molar-refractivity contribution < 1.29 is 19.7 Å². The summed E-state index contributed by atoms with van der Waals surface area (Å²) in [6.07, 6.45) is 0. The third-order valence-corrected chi connectivity index (χ3v) is 4.02. The van der Waals surface area contributed by atoms with Gasteiger partial charge < -0.3 is 19.7 Å². The van der Waals surface area contributed by atoms with E-state index < -0.39 is 0 Å². The summed E-state index contributed by atoms with van der Waals surface area (Å²) < 4.78 is 11.4. The average molecular weight is 330 g/mol. The number of ether oxygens (including phenoxy) is 2. The van der Waals surface area contributed by atoms with Crippen LogP contribution in [-0.4, -0.2) is 36.6 Å². The number of aliphatic hydroxyl groups is 2. The summed E-state index contributed by atoms with van der Waals surface area (Å²) in [5.41, 5.74) is 2.19. The predicted octanol–water partition coefficient (Wildman–Crippen LogP) is 2.64. The Hall–Kier alpha value is -1.72. The molecule has 0 unspecified atom stereocenters. The molecule has 4 nitrogen and oxygen atoms in total. The largest absolute Gasteiger partial charge is 0.396 e. The van der Waals surface area contributed by atoms with Gasteiger partial charge in [-0.1, -0.05) is 60.7 Å². The van der Waals surface area contributed by atoms with Crippen molar-refractivity contribution >= 4 is 0 Å². The Kier molecular flexibility index (Phi) is 8.49. The Balaban J connectivity index is 1.73. The first-order chi connectivity index (χ1) is 11.8. The van der Waals surface area contributed by atoms with Gasteiger partial charge in [-0.3, -0.25) is 0 Å². The van der Waals surface area contributed by atoms with Crippen molar-refractivity contribution in [1.29, 1.82) is 0 Å². The number of aliphatic hydroxyl groups excluding tert-OH is 2. The lowest BCUT2D eigenvalue weighted by Crippen LogP contribution is -2.30. The van der Waals surface area contributed by atoms with E-state index in [2.05, 4.69) is 0 Å². The van der Waals surface area contributed by atoms with Gasteiger partial charge in [0.25, 0.3) is 0 Å². The number of benzene rings is 2. The quantitative estimate of drug-likeness (QED) is 0.665. The van der Waals surface area contributed by atoms with Gasteiger partial charge in [0.05, 0.1) is 26.4 Å². The maximum Gasteiger partial charge on any atom is 0.0717 e. The van der Waals surface area contributed by atoms with Crippen molar-refractivity contribution in [2.45, 2.75) is 13.2 Å². The number of hydrogen-bond acceptors (Lipinski definition) is 4. The molecule has 2 rings (SSSR count). The van der Waals surface area contributed by atoms with Gasteiger partial charge in [0.15, 0.2) is 0 Å². The van der Waals surface area contributed by atoms with Crippen LogP contribution in [0.2, 0.25) is 0 Å². The molecule has 2 atom stereocenters. The maximum absolute atomic E-state index is 9.59. The second kappa shape index (κ2) is 10.9. The molecule has 130 valence electrons. The highest BCUT2D eigenvalue weighted by Crippen LogP contribution is 2.15. The third-order valence-electron chi connectivity index (χ3n) is 4.02. The zero-order valence-corrected chi connectivity index (χ0v) is 13.9. The molecule has 4 heteroatoms. The molecule has 0 aliphatic carbocycles. The summed E-state index contributed by atoms with van der Waals surface area (Å²) in [4.78, 5) is 0. The lowest BCUT2D eigenvalue weighted by atomic mass is 9.95. The monoisotopic (exact) mass is 330 g/mol. The average Bonchev–Trinajstić information content (AvgIpc) is 2.65. The molecule has 0 saturated carbocycles. The van der Waals surface area contributed by atoms with E-state index in [1.54, 1.807) is 0 Å². The van der Waals surface area contributed by atoms with Crippen LogP contribution in [0.5, 0.6) is 0 Å². The minimum absolute atomic E-state index is 0.0330. The van der Waals surface area contributed by atoms with E-state index in [1.165, 1.54) is 0 Å². The molecule has 0 fully saturated rings. The van der Waals surface area contributed by atoms with Crippen LogP contribution >= 0.6 is 0 Å². The molecule has 0 aliphatic rings. The number of rotatable bonds is 11. The van der Waals surface area contributed by atoms with E-state index in [1.807, 2.05) is 60.7 Å². The summed E-state index contributed by atoms with van der Waals surface area (Å²) >= 11 is 0. The van der Waals surface area contributed by atoms with E-state index in [0.717, 1.165) is 11.1 Å². The van der Waals surface area contributed by atoms with Gasteiger partial charge in [0, 0.05) is 25.0 Å². The first-order valence-electron chi connectivity index (χ1n) is 8.28. The zero-order chi connectivity index (χ0) is 17.0. The first-order valence-corrected chi connectivity index (χ1v) is 8.28. The third kappa shape index (κ3) is 6.42. The van der Waals surface area contributed by atoms with E-state index in [4.69, 9.17) is 9.47 Å². The summed E-state index contributed by atoms with van der Waals surface area (Å²) in [6.45, 7) is 1.72. The molecular weight excluding hydrogens is 304 g/mol. The fourth-order valence-corrected chi connectivity index (χ4v) is 2.48. The lowest BCUT2D eigenvalue weighted by molar-refractivity contribution is -0.0171. The molecule has 0 aliphatic heterocycles. The molecule has 0 amide bonds. The Bertz CT molecular complexity index is 493. The van der Waals surface area contributed by atoms with Crippen molar-refractivity contribution in [2.75, 3.05) is 26.4 Å². The topological polar surface area (TPSA) is 58.9 Å². The molecule has 0 saturated heterocycles. The van der Waals surface area contributed by atoms with Gasteiger partial charge in [0.1, 0.15) is 0 Å². The van der Waals surface area contributed by atoms with Gasteiger partial charge in [0.2, 0.25) is 0 Å². The molecule has 2 N–H and O–H groups in total. The van der Waals surface area contributed by atoms with E-state index >= 15 is 0 Å². The van der Waals surface area contributed by atoms with Crippen molar-refractivity contribution in [3.8, 4) is 0 Å². The smallest absolute Gasteiger partial charge is 0.0717 e. The molecular formula is C20H26O4. The van der Waals surface area contributed by atoms with Crippen LogP contribution in [0.4, 0.5) is 0 Å². The summed E-state index contributed by atoms with van der Waals surface area (Å²) in [5.74, 6) is -0.288. The summed E-state index contributed by atoms with van der Waals surface area (Å²) in [7, 11) is 0. The molecule has 0 heterocycles. The van der Waals surface area contributed by atoms with Crippen LogP contribution in [-0.2, 0) is 22.7 Å². The highest BCUT2D eigenvalue weighted by molar-refractivity contribution is 5.14. The fourth-order valence-electron chi connectivity index (χ4n) is 2.48. The molecule has 0 radical (unpaired) electrons. The Labute approximate surface area is 143 Å². The van der Waals surface area contributed by atoms with Crippen LogP contribution in [0, 0.1) is 11.8 Å². The van der Waals surface area contributed by atoms with E-state index in [-0.39, 0.29) is 25.0 Å². The summed E-state index contributed by atoms with van der Waals surface area (Å²) in [5, 5.41) is 19.2. The molecule has 0 aromatic heterocycles. The summed E-state index contributed by atoms with van der Waals surface area (Å²) in [6, 6.07) is 19.8. The Morgan fingerprint density at radius 1 is 0.625 bits per heavy atom. The van der Waals surface area contributed by atoms with Crippen LogP contribution in [0.15, 0.2) is 60.7 Å². The molecule has 24 heavy (non-hydrogen) atoms. The van der Waals surface area contributed by atoms with Crippen LogP contribution in [0.25, 0.3) is 0 Å². The molecule has 0 bridgehead atoms. The number of hydrogen-bond donors (Lipinski definition) is 2. The Morgan fingerprint density at radius 3 is 1.33 bits per heavy atom. The minimum Gasteiger partial charge on any atom is -0.396 e. The van der Waals surface area contributed by atoms with E-state index in [9.17, 15) is 10.2 Å².